The van der Waals surface area contributed by atoms with Gasteiger partial charge in [0.25, 0.3) is 0 Å². The van der Waals surface area contributed by atoms with Crippen molar-refractivity contribution in [1.82, 2.24) is 4.90 Å². The highest BCUT2D eigenvalue weighted by atomic mass is 16.5. The third kappa shape index (κ3) is 2.77. The third-order valence-corrected chi connectivity index (χ3v) is 2.24. The van der Waals surface area contributed by atoms with Gasteiger partial charge in [0.1, 0.15) is 0 Å². The highest BCUT2D eigenvalue weighted by Crippen LogP contribution is 2.14. The molecule has 1 fully saturated rings. The zero-order chi connectivity index (χ0) is 8.10. The molecule has 0 aromatic carbocycles. The SMILES string of the molecule is COCCN1CC[C@H](CO)C1. The topological polar surface area (TPSA) is 32.7 Å². The molecular weight excluding hydrogens is 142 g/mol. The highest BCUT2D eigenvalue weighted by molar-refractivity contribution is 4.74. The van der Waals surface area contributed by atoms with E-state index in [1.54, 1.807) is 7.11 Å². The molecule has 0 amide bonds. The summed E-state index contributed by atoms with van der Waals surface area (Å²) in [5.41, 5.74) is 0. The van der Waals surface area contributed by atoms with Gasteiger partial charge in [0, 0.05) is 26.8 Å². The van der Waals surface area contributed by atoms with Gasteiger partial charge >= 0.3 is 0 Å². The molecule has 0 aliphatic carbocycles. The molecule has 0 spiro atoms. The number of nitrogens with zero attached hydrogens (tertiary/aromatic N) is 1. The van der Waals surface area contributed by atoms with E-state index >= 15 is 0 Å². The lowest BCUT2D eigenvalue weighted by molar-refractivity contribution is 0.154. The highest BCUT2D eigenvalue weighted by Gasteiger charge is 2.20. The molecule has 3 heteroatoms. The maximum atomic E-state index is 8.85. The Morgan fingerprint density at radius 1 is 1.64 bits per heavy atom. The molecule has 0 radical (unpaired) electrons. The van der Waals surface area contributed by atoms with Crippen molar-refractivity contribution in [1.29, 1.82) is 0 Å². The van der Waals surface area contributed by atoms with Crippen LogP contribution < -0.4 is 0 Å². The Labute approximate surface area is 68.0 Å². The first kappa shape index (κ1) is 8.97. The van der Waals surface area contributed by atoms with E-state index in [-0.39, 0.29) is 0 Å². The lowest BCUT2D eigenvalue weighted by Gasteiger charge is -2.13. The Morgan fingerprint density at radius 2 is 2.45 bits per heavy atom. The molecule has 1 aliphatic heterocycles. The molecule has 3 nitrogen and oxygen atoms in total. The van der Waals surface area contributed by atoms with Crippen molar-refractivity contribution < 1.29 is 9.84 Å². The molecule has 66 valence electrons. The summed E-state index contributed by atoms with van der Waals surface area (Å²) in [6, 6.07) is 0. The van der Waals surface area contributed by atoms with Crippen molar-refractivity contribution >= 4 is 0 Å². The van der Waals surface area contributed by atoms with Crippen LogP contribution in [0.5, 0.6) is 0 Å². The molecule has 0 aromatic heterocycles. The largest absolute Gasteiger partial charge is 0.396 e. The van der Waals surface area contributed by atoms with Crippen molar-refractivity contribution in [2.24, 2.45) is 5.92 Å². The molecule has 0 unspecified atom stereocenters. The average molecular weight is 159 g/mol. The standard InChI is InChI=1S/C8H17NO2/c1-11-5-4-9-3-2-8(6-9)7-10/h8,10H,2-7H2,1H3/t8-/m0/s1. The number of hydrogen-bond donors (Lipinski definition) is 1. The fourth-order valence-electron chi connectivity index (χ4n) is 1.49. The van der Waals surface area contributed by atoms with Crippen molar-refractivity contribution in [2.45, 2.75) is 6.42 Å². The van der Waals surface area contributed by atoms with E-state index in [9.17, 15) is 0 Å². The number of aliphatic hydroxyl groups excluding tert-OH is 1. The van der Waals surface area contributed by atoms with Crippen LogP contribution in [0.25, 0.3) is 0 Å². The fourth-order valence-corrected chi connectivity index (χ4v) is 1.49. The summed E-state index contributed by atoms with van der Waals surface area (Å²) in [6.45, 7) is 4.31. The van der Waals surface area contributed by atoms with Gasteiger partial charge in [-0.05, 0) is 18.9 Å². The normalized spacial score (nSPS) is 26.2. The van der Waals surface area contributed by atoms with Crippen LogP contribution in [-0.4, -0.2) is 50.0 Å². The maximum absolute atomic E-state index is 8.85. The number of ether oxygens (including phenoxy) is 1. The van der Waals surface area contributed by atoms with Gasteiger partial charge in [0.15, 0.2) is 0 Å². The van der Waals surface area contributed by atoms with Crippen LogP contribution in [0.3, 0.4) is 0 Å². The van der Waals surface area contributed by atoms with E-state index in [4.69, 9.17) is 9.84 Å². The summed E-state index contributed by atoms with van der Waals surface area (Å²) in [4.78, 5) is 2.34. The molecule has 1 aliphatic rings. The number of methoxy groups -OCH3 is 1. The second-order valence-electron chi connectivity index (χ2n) is 3.13. The Hall–Kier alpha value is -0.120. The third-order valence-electron chi connectivity index (χ3n) is 2.24. The summed E-state index contributed by atoms with van der Waals surface area (Å²) < 4.78 is 4.97. The molecule has 1 N–H and O–H groups in total. The molecule has 0 aromatic rings. The average Bonchev–Trinajstić information content (AvgIpc) is 2.48. The van der Waals surface area contributed by atoms with Gasteiger partial charge in [0.2, 0.25) is 0 Å². The molecule has 0 bridgehead atoms. The van der Waals surface area contributed by atoms with Gasteiger partial charge in [-0.3, -0.25) is 0 Å². The Bertz CT molecular complexity index is 108. The van der Waals surface area contributed by atoms with Gasteiger partial charge in [-0.2, -0.15) is 0 Å². The molecule has 0 saturated carbocycles. The first-order chi connectivity index (χ1) is 5.36. The number of aliphatic hydroxyl groups is 1. The second kappa shape index (κ2) is 4.70. The van der Waals surface area contributed by atoms with Crippen LogP contribution in [0, 0.1) is 5.92 Å². The zero-order valence-electron chi connectivity index (χ0n) is 7.12. The molecular formula is C8H17NO2. The first-order valence-corrected chi connectivity index (χ1v) is 4.19. The van der Waals surface area contributed by atoms with E-state index in [0.717, 1.165) is 32.7 Å². The number of hydrogen-bond acceptors (Lipinski definition) is 3. The minimum atomic E-state index is 0.337. The van der Waals surface area contributed by atoms with Crippen LogP contribution in [-0.2, 0) is 4.74 Å². The molecule has 1 rings (SSSR count). The Morgan fingerprint density at radius 3 is 3.00 bits per heavy atom. The van der Waals surface area contributed by atoms with Crippen LogP contribution in [0.4, 0.5) is 0 Å². The van der Waals surface area contributed by atoms with Crippen LogP contribution in [0.15, 0.2) is 0 Å². The minimum absolute atomic E-state index is 0.337. The molecule has 1 saturated heterocycles. The van der Waals surface area contributed by atoms with Crippen molar-refractivity contribution in [3.8, 4) is 0 Å². The van der Waals surface area contributed by atoms with E-state index in [1.165, 1.54) is 0 Å². The van der Waals surface area contributed by atoms with Gasteiger partial charge in [0.05, 0.1) is 6.61 Å². The summed E-state index contributed by atoms with van der Waals surface area (Å²) in [5, 5.41) is 8.85. The van der Waals surface area contributed by atoms with E-state index in [0.29, 0.717) is 12.5 Å². The predicted octanol–water partition coefficient (Wildman–Crippen LogP) is -0.0530. The summed E-state index contributed by atoms with van der Waals surface area (Å²) in [7, 11) is 1.72. The van der Waals surface area contributed by atoms with Gasteiger partial charge < -0.3 is 14.7 Å². The quantitative estimate of drug-likeness (QED) is 0.624. The van der Waals surface area contributed by atoms with E-state index < -0.39 is 0 Å². The number of rotatable bonds is 4. The number of likely N-dealkylation sites (tertiary alicyclic amines) is 1. The van der Waals surface area contributed by atoms with Crippen LogP contribution in [0.1, 0.15) is 6.42 Å². The molecule has 1 atom stereocenters. The van der Waals surface area contributed by atoms with Gasteiger partial charge in [-0.1, -0.05) is 0 Å². The Kier molecular flexibility index (Phi) is 3.83. The van der Waals surface area contributed by atoms with E-state index in [2.05, 4.69) is 4.90 Å². The van der Waals surface area contributed by atoms with Crippen molar-refractivity contribution in [3.63, 3.8) is 0 Å². The Balaban J connectivity index is 2.09. The lowest BCUT2D eigenvalue weighted by Crippen LogP contribution is -2.25. The van der Waals surface area contributed by atoms with Crippen LogP contribution >= 0.6 is 0 Å². The first-order valence-electron chi connectivity index (χ1n) is 4.19. The van der Waals surface area contributed by atoms with Crippen molar-refractivity contribution in [3.05, 3.63) is 0 Å². The second-order valence-corrected chi connectivity index (χ2v) is 3.13. The smallest absolute Gasteiger partial charge is 0.0589 e. The van der Waals surface area contributed by atoms with E-state index in [1.807, 2.05) is 0 Å². The zero-order valence-corrected chi connectivity index (χ0v) is 7.12. The molecule has 11 heavy (non-hydrogen) atoms. The summed E-state index contributed by atoms with van der Waals surface area (Å²) in [5.74, 6) is 0.506. The molecule has 1 heterocycles. The summed E-state index contributed by atoms with van der Waals surface area (Å²) >= 11 is 0. The van der Waals surface area contributed by atoms with Crippen LogP contribution in [0.2, 0.25) is 0 Å². The predicted molar refractivity (Wildman–Crippen MR) is 43.5 cm³/mol. The summed E-state index contributed by atoms with van der Waals surface area (Å²) in [6.07, 6.45) is 1.14. The monoisotopic (exact) mass is 159 g/mol. The van der Waals surface area contributed by atoms with Gasteiger partial charge in [-0.15, -0.1) is 0 Å². The van der Waals surface area contributed by atoms with Crippen molar-refractivity contribution in [2.75, 3.05) is 40.0 Å². The fraction of sp³-hybridized carbons (Fsp3) is 1.00. The minimum Gasteiger partial charge on any atom is -0.396 e. The lowest BCUT2D eigenvalue weighted by atomic mass is 10.1. The van der Waals surface area contributed by atoms with Gasteiger partial charge in [-0.25, -0.2) is 0 Å². The maximum Gasteiger partial charge on any atom is 0.0589 e.